The fraction of sp³-hybridized carbons (Fsp3) is 0.125. The number of aromatic nitrogens is 1. The van der Waals surface area contributed by atoms with Gasteiger partial charge in [-0.3, -0.25) is 0 Å². The van der Waals surface area contributed by atoms with Crippen molar-refractivity contribution >= 4 is 34.6 Å². The quantitative estimate of drug-likeness (QED) is 0.561. The van der Waals surface area contributed by atoms with Crippen LogP contribution in [0.15, 0.2) is 40.1 Å². The molecule has 0 radical (unpaired) electrons. The van der Waals surface area contributed by atoms with Gasteiger partial charge < -0.3 is 14.9 Å². The predicted octanol–water partition coefficient (Wildman–Crippen LogP) is 4.30. The molecule has 118 valence electrons. The number of thiophene rings is 1. The van der Waals surface area contributed by atoms with E-state index in [-0.39, 0.29) is 12.2 Å². The Hall–Kier alpha value is -2.31. The van der Waals surface area contributed by atoms with Crippen LogP contribution in [0, 0.1) is 6.92 Å². The first kappa shape index (κ1) is 15.6. The summed E-state index contributed by atoms with van der Waals surface area (Å²) in [7, 11) is 0. The standard InChI is InChI=1S/C16H13ClN2O3S/c1-9-13(19-15(22-9)14-3-2-6-23-14)8-21-16(20)11-7-10(17)4-5-12(11)18/h2-7H,8,18H2,1H3. The molecule has 7 heteroatoms. The maximum Gasteiger partial charge on any atom is 0.340 e. The molecule has 2 N–H and O–H groups in total. The van der Waals surface area contributed by atoms with Crippen LogP contribution in [-0.2, 0) is 11.3 Å². The van der Waals surface area contributed by atoms with Crippen molar-refractivity contribution in [3.05, 3.63) is 57.8 Å². The van der Waals surface area contributed by atoms with Gasteiger partial charge in [0.05, 0.1) is 10.4 Å². The van der Waals surface area contributed by atoms with Crippen LogP contribution < -0.4 is 5.73 Å². The molecule has 0 spiro atoms. The Morgan fingerprint density at radius 3 is 3.00 bits per heavy atom. The predicted molar refractivity (Wildman–Crippen MR) is 89.5 cm³/mol. The maximum atomic E-state index is 12.1. The van der Waals surface area contributed by atoms with Crippen LogP contribution in [0.5, 0.6) is 0 Å². The maximum absolute atomic E-state index is 12.1. The molecule has 0 bridgehead atoms. The fourth-order valence-electron chi connectivity index (χ4n) is 1.98. The number of oxazole rings is 1. The topological polar surface area (TPSA) is 78.4 Å². The van der Waals surface area contributed by atoms with E-state index in [1.807, 2.05) is 17.5 Å². The number of nitrogen functional groups attached to an aromatic ring is 1. The number of anilines is 1. The molecule has 1 aromatic carbocycles. The summed E-state index contributed by atoms with van der Waals surface area (Å²) in [6.45, 7) is 1.78. The highest BCUT2D eigenvalue weighted by atomic mass is 35.5. The van der Waals surface area contributed by atoms with Gasteiger partial charge in [0.15, 0.2) is 0 Å². The van der Waals surface area contributed by atoms with Crippen molar-refractivity contribution in [1.82, 2.24) is 4.98 Å². The minimum absolute atomic E-state index is 0.00545. The lowest BCUT2D eigenvalue weighted by Gasteiger charge is -2.06. The van der Waals surface area contributed by atoms with E-state index in [0.29, 0.717) is 28.1 Å². The Bertz CT molecular complexity index is 843. The number of carbonyl (C=O) groups is 1. The first-order valence-electron chi connectivity index (χ1n) is 6.77. The summed E-state index contributed by atoms with van der Waals surface area (Å²) in [5.74, 6) is 0.580. The lowest BCUT2D eigenvalue weighted by atomic mass is 10.2. The molecule has 0 aliphatic carbocycles. The summed E-state index contributed by atoms with van der Waals surface area (Å²) in [6, 6.07) is 8.49. The van der Waals surface area contributed by atoms with Gasteiger partial charge in [-0.15, -0.1) is 11.3 Å². The number of halogens is 1. The zero-order chi connectivity index (χ0) is 16.4. The number of aryl methyl sites for hydroxylation is 1. The number of esters is 1. The third-order valence-electron chi connectivity index (χ3n) is 3.20. The van der Waals surface area contributed by atoms with E-state index in [0.717, 1.165) is 4.88 Å². The van der Waals surface area contributed by atoms with Gasteiger partial charge in [-0.1, -0.05) is 17.7 Å². The van der Waals surface area contributed by atoms with Gasteiger partial charge in [0, 0.05) is 10.7 Å². The Morgan fingerprint density at radius 2 is 2.26 bits per heavy atom. The van der Waals surface area contributed by atoms with Crippen molar-refractivity contribution in [2.24, 2.45) is 0 Å². The van der Waals surface area contributed by atoms with Crippen molar-refractivity contribution in [3.8, 4) is 10.8 Å². The number of ether oxygens (including phenoxy) is 1. The van der Waals surface area contributed by atoms with Gasteiger partial charge in [0.2, 0.25) is 5.89 Å². The molecule has 0 saturated heterocycles. The highest BCUT2D eigenvalue weighted by Gasteiger charge is 2.16. The minimum Gasteiger partial charge on any atom is -0.455 e. The number of nitrogens with two attached hydrogens (primary N) is 1. The smallest absolute Gasteiger partial charge is 0.340 e. The molecule has 3 rings (SSSR count). The van der Waals surface area contributed by atoms with Crippen molar-refractivity contribution in [3.63, 3.8) is 0 Å². The third kappa shape index (κ3) is 3.38. The molecular weight excluding hydrogens is 336 g/mol. The molecule has 0 saturated carbocycles. The Balaban J connectivity index is 1.73. The molecule has 0 unspecified atom stereocenters. The van der Waals surface area contributed by atoms with Gasteiger partial charge in [-0.2, -0.15) is 0 Å². The van der Waals surface area contributed by atoms with E-state index in [1.54, 1.807) is 19.1 Å². The number of rotatable bonds is 4. The third-order valence-corrected chi connectivity index (χ3v) is 4.29. The molecule has 0 amide bonds. The summed E-state index contributed by atoms with van der Waals surface area (Å²) >= 11 is 7.40. The van der Waals surface area contributed by atoms with Crippen LogP contribution >= 0.6 is 22.9 Å². The number of nitrogens with zero attached hydrogens (tertiary/aromatic N) is 1. The summed E-state index contributed by atoms with van der Waals surface area (Å²) in [5, 5.41) is 2.36. The van der Waals surface area contributed by atoms with E-state index in [9.17, 15) is 4.79 Å². The van der Waals surface area contributed by atoms with Crippen LogP contribution in [0.1, 0.15) is 21.8 Å². The summed E-state index contributed by atoms with van der Waals surface area (Å²) in [6.07, 6.45) is 0. The summed E-state index contributed by atoms with van der Waals surface area (Å²) in [4.78, 5) is 17.4. The number of hydrogen-bond acceptors (Lipinski definition) is 6. The molecule has 23 heavy (non-hydrogen) atoms. The highest BCUT2D eigenvalue weighted by Crippen LogP contribution is 2.26. The SMILES string of the molecule is Cc1oc(-c2cccs2)nc1COC(=O)c1cc(Cl)ccc1N. The van der Waals surface area contributed by atoms with Crippen molar-refractivity contribution < 1.29 is 13.9 Å². The molecule has 2 aromatic heterocycles. The molecule has 5 nitrogen and oxygen atoms in total. The van der Waals surface area contributed by atoms with E-state index in [4.69, 9.17) is 26.5 Å². The largest absolute Gasteiger partial charge is 0.455 e. The van der Waals surface area contributed by atoms with Crippen molar-refractivity contribution in [2.45, 2.75) is 13.5 Å². The highest BCUT2D eigenvalue weighted by molar-refractivity contribution is 7.13. The minimum atomic E-state index is -0.551. The van der Waals surface area contributed by atoms with Crippen LogP contribution in [0.2, 0.25) is 5.02 Å². The second kappa shape index (κ2) is 6.44. The lowest BCUT2D eigenvalue weighted by Crippen LogP contribution is -2.08. The van der Waals surface area contributed by atoms with Gasteiger partial charge in [-0.05, 0) is 36.6 Å². The van der Waals surface area contributed by atoms with Gasteiger partial charge in [0.1, 0.15) is 18.1 Å². The Labute approximate surface area is 141 Å². The monoisotopic (exact) mass is 348 g/mol. The number of benzene rings is 1. The molecule has 2 heterocycles. The van der Waals surface area contributed by atoms with Crippen LogP contribution in [-0.4, -0.2) is 11.0 Å². The average molecular weight is 349 g/mol. The lowest BCUT2D eigenvalue weighted by molar-refractivity contribution is 0.0468. The number of carbonyl (C=O) groups excluding carboxylic acids is 1. The average Bonchev–Trinajstić information content (AvgIpc) is 3.17. The summed E-state index contributed by atoms with van der Waals surface area (Å²) < 4.78 is 10.9. The Morgan fingerprint density at radius 1 is 1.43 bits per heavy atom. The first-order chi connectivity index (χ1) is 11.0. The van der Waals surface area contributed by atoms with Crippen molar-refractivity contribution in [2.75, 3.05) is 5.73 Å². The van der Waals surface area contributed by atoms with Gasteiger partial charge >= 0.3 is 5.97 Å². The summed E-state index contributed by atoms with van der Waals surface area (Å²) in [5.41, 5.74) is 6.89. The molecule has 0 aliphatic heterocycles. The molecule has 0 aliphatic rings. The number of hydrogen-bond donors (Lipinski definition) is 1. The zero-order valence-corrected chi connectivity index (χ0v) is 13.8. The molecule has 0 fully saturated rings. The zero-order valence-electron chi connectivity index (χ0n) is 12.2. The van der Waals surface area contributed by atoms with E-state index < -0.39 is 5.97 Å². The van der Waals surface area contributed by atoms with E-state index >= 15 is 0 Å². The van der Waals surface area contributed by atoms with Gasteiger partial charge in [0.25, 0.3) is 0 Å². The van der Waals surface area contributed by atoms with Crippen LogP contribution in [0.4, 0.5) is 5.69 Å². The first-order valence-corrected chi connectivity index (χ1v) is 8.02. The van der Waals surface area contributed by atoms with Crippen LogP contribution in [0.3, 0.4) is 0 Å². The molecule has 0 atom stereocenters. The second-order valence-corrected chi connectivity index (χ2v) is 6.19. The van der Waals surface area contributed by atoms with Gasteiger partial charge in [-0.25, -0.2) is 9.78 Å². The molecule has 3 aromatic rings. The normalized spacial score (nSPS) is 10.7. The Kier molecular flexibility index (Phi) is 4.36. The van der Waals surface area contributed by atoms with Crippen molar-refractivity contribution in [1.29, 1.82) is 0 Å². The fourth-order valence-corrected chi connectivity index (χ4v) is 2.81. The second-order valence-electron chi connectivity index (χ2n) is 4.81. The van der Waals surface area contributed by atoms with E-state index in [1.165, 1.54) is 17.4 Å². The molecular formula is C16H13ClN2O3S. The van der Waals surface area contributed by atoms with E-state index in [2.05, 4.69) is 4.98 Å². The van der Waals surface area contributed by atoms with Crippen LogP contribution in [0.25, 0.3) is 10.8 Å².